The number of halogens is 1. The number of amides is 3. The van der Waals surface area contributed by atoms with Gasteiger partial charge in [0.15, 0.2) is 5.76 Å². The van der Waals surface area contributed by atoms with Crippen LogP contribution in [0.15, 0.2) is 45.5 Å². The Hall–Kier alpha value is -2.61. The van der Waals surface area contributed by atoms with E-state index in [4.69, 9.17) is 4.42 Å². The van der Waals surface area contributed by atoms with Gasteiger partial charge in [0.05, 0.1) is 17.5 Å². The van der Waals surface area contributed by atoms with Crippen molar-refractivity contribution in [2.45, 2.75) is 39.2 Å². The third-order valence-electron chi connectivity index (χ3n) is 6.17. The number of anilines is 1. The summed E-state index contributed by atoms with van der Waals surface area (Å²) in [6.45, 7) is 6.22. The molecule has 0 unspecified atom stereocenters. The highest BCUT2D eigenvalue weighted by molar-refractivity contribution is 9.10. The van der Waals surface area contributed by atoms with Crippen molar-refractivity contribution in [3.63, 3.8) is 0 Å². The second kappa shape index (κ2) is 9.48. The summed E-state index contributed by atoms with van der Waals surface area (Å²) in [6, 6.07) is 7.94. The maximum Gasteiger partial charge on any atom is 0.290 e. The van der Waals surface area contributed by atoms with Crippen molar-refractivity contribution in [1.82, 2.24) is 9.80 Å². The molecule has 1 N–H and O–H groups in total. The van der Waals surface area contributed by atoms with E-state index in [9.17, 15) is 14.4 Å². The van der Waals surface area contributed by atoms with Crippen molar-refractivity contribution in [3.05, 3.63) is 52.4 Å². The van der Waals surface area contributed by atoms with Crippen LogP contribution in [0.5, 0.6) is 0 Å². The van der Waals surface area contributed by atoms with Gasteiger partial charge in [0.1, 0.15) is 6.04 Å². The summed E-state index contributed by atoms with van der Waals surface area (Å²) in [5.41, 5.74) is 0.919. The summed E-state index contributed by atoms with van der Waals surface area (Å²) in [4.78, 5) is 42.7. The van der Waals surface area contributed by atoms with Crippen LogP contribution >= 0.6 is 15.9 Å². The molecular formula is C24H28BrN3O4. The first-order valence-corrected chi connectivity index (χ1v) is 11.9. The van der Waals surface area contributed by atoms with Crippen molar-refractivity contribution in [3.8, 4) is 0 Å². The number of carbonyl (C=O) groups is 3. The molecule has 2 saturated heterocycles. The third-order valence-corrected chi connectivity index (χ3v) is 6.67. The quantitative estimate of drug-likeness (QED) is 0.672. The summed E-state index contributed by atoms with van der Waals surface area (Å²) in [6.07, 6.45) is 3.85. The van der Waals surface area contributed by atoms with Crippen LogP contribution in [0.1, 0.15) is 54.0 Å². The van der Waals surface area contributed by atoms with Gasteiger partial charge in [-0.15, -0.1) is 0 Å². The minimum atomic E-state index is -0.603. The fourth-order valence-electron chi connectivity index (χ4n) is 4.84. The zero-order valence-electron chi connectivity index (χ0n) is 18.3. The second-order valence-corrected chi connectivity index (χ2v) is 9.88. The molecule has 32 heavy (non-hydrogen) atoms. The number of nitrogens with zero attached hydrogens (tertiary/aromatic N) is 2. The molecule has 2 aromatic rings. The van der Waals surface area contributed by atoms with Gasteiger partial charge in [-0.1, -0.05) is 29.8 Å². The number of hydrogen-bond acceptors (Lipinski definition) is 4. The Labute approximate surface area is 196 Å². The van der Waals surface area contributed by atoms with E-state index in [1.165, 1.54) is 6.26 Å². The van der Waals surface area contributed by atoms with Crippen LogP contribution in [0.25, 0.3) is 0 Å². The topological polar surface area (TPSA) is 82.9 Å². The highest BCUT2D eigenvalue weighted by Gasteiger charge is 2.36. The normalized spacial score (nSPS) is 23.3. The fourth-order valence-corrected chi connectivity index (χ4v) is 5.20. The van der Waals surface area contributed by atoms with E-state index in [-0.39, 0.29) is 23.5 Å². The first kappa shape index (κ1) is 22.6. The molecule has 0 bridgehead atoms. The lowest BCUT2D eigenvalue weighted by molar-refractivity contribution is -0.119. The molecule has 7 nitrogen and oxygen atoms in total. The summed E-state index contributed by atoms with van der Waals surface area (Å²) < 4.78 is 5.99. The van der Waals surface area contributed by atoms with Crippen LogP contribution in [0.3, 0.4) is 0 Å². The first-order valence-electron chi connectivity index (χ1n) is 11.1. The number of likely N-dealkylation sites (tertiary alicyclic amines) is 2. The molecule has 3 atom stereocenters. The third kappa shape index (κ3) is 4.75. The van der Waals surface area contributed by atoms with E-state index in [0.29, 0.717) is 49.1 Å². The highest BCUT2D eigenvalue weighted by atomic mass is 79.9. The van der Waals surface area contributed by atoms with Gasteiger partial charge >= 0.3 is 0 Å². The Kier molecular flexibility index (Phi) is 6.69. The predicted octanol–water partition coefficient (Wildman–Crippen LogP) is 4.40. The first-order chi connectivity index (χ1) is 15.3. The zero-order valence-corrected chi connectivity index (χ0v) is 19.9. The summed E-state index contributed by atoms with van der Waals surface area (Å²) >= 11 is 3.45. The zero-order chi connectivity index (χ0) is 22.8. The number of benzene rings is 1. The SMILES string of the molecule is C[C@@H]1C[C@H](C)CN(C(=O)c2cc(Br)ccc2NC(=O)[C@@H]2CCCN2C(=O)c2ccco2)C1. The Morgan fingerprint density at radius 3 is 2.53 bits per heavy atom. The molecule has 1 aromatic carbocycles. The number of hydrogen-bond donors (Lipinski definition) is 1. The van der Waals surface area contributed by atoms with Crippen molar-refractivity contribution < 1.29 is 18.8 Å². The van der Waals surface area contributed by atoms with Crippen LogP contribution in [0.2, 0.25) is 0 Å². The summed E-state index contributed by atoms with van der Waals surface area (Å²) in [5, 5.41) is 2.92. The average molecular weight is 502 g/mol. The average Bonchev–Trinajstić information content (AvgIpc) is 3.45. The smallest absolute Gasteiger partial charge is 0.290 e. The van der Waals surface area contributed by atoms with Gasteiger partial charge in [-0.05, 0) is 61.4 Å². The van der Waals surface area contributed by atoms with E-state index in [0.717, 1.165) is 17.3 Å². The Bertz CT molecular complexity index is 997. The van der Waals surface area contributed by atoms with Crippen molar-refractivity contribution in [1.29, 1.82) is 0 Å². The molecule has 2 fully saturated rings. The van der Waals surface area contributed by atoms with E-state index < -0.39 is 6.04 Å². The molecule has 2 aliphatic heterocycles. The van der Waals surface area contributed by atoms with E-state index >= 15 is 0 Å². The predicted molar refractivity (Wildman–Crippen MR) is 124 cm³/mol. The minimum absolute atomic E-state index is 0.0880. The Morgan fingerprint density at radius 2 is 1.84 bits per heavy atom. The largest absolute Gasteiger partial charge is 0.459 e. The standard InChI is InChI=1S/C24H28BrN3O4/c1-15-11-16(2)14-27(13-15)23(30)18-12-17(25)7-8-19(18)26-22(29)20-5-3-9-28(20)24(31)21-6-4-10-32-21/h4,6-8,10,12,15-16,20H,3,5,9,11,13-14H2,1-2H3,(H,26,29)/t15-,16+,20-/m0/s1. The minimum Gasteiger partial charge on any atom is -0.459 e. The molecule has 0 radical (unpaired) electrons. The molecule has 2 aliphatic rings. The lowest BCUT2D eigenvalue weighted by Gasteiger charge is -2.35. The van der Waals surface area contributed by atoms with Crippen LogP contribution in [-0.4, -0.2) is 53.2 Å². The lowest BCUT2D eigenvalue weighted by Crippen LogP contribution is -2.44. The highest BCUT2D eigenvalue weighted by Crippen LogP contribution is 2.28. The Balaban J connectivity index is 1.53. The van der Waals surface area contributed by atoms with Gasteiger partial charge in [0.25, 0.3) is 11.8 Å². The summed E-state index contributed by atoms with van der Waals surface area (Å²) in [7, 11) is 0. The fraction of sp³-hybridized carbons (Fsp3) is 0.458. The Morgan fingerprint density at radius 1 is 1.09 bits per heavy atom. The van der Waals surface area contributed by atoms with Crippen LogP contribution in [0, 0.1) is 11.8 Å². The number of carbonyl (C=O) groups excluding carboxylic acids is 3. The maximum absolute atomic E-state index is 13.4. The number of rotatable bonds is 4. The monoisotopic (exact) mass is 501 g/mol. The molecule has 1 aromatic heterocycles. The molecule has 8 heteroatoms. The van der Waals surface area contributed by atoms with E-state index in [2.05, 4.69) is 35.1 Å². The van der Waals surface area contributed by atoms with Crippen LogP contribution < -0.4 is 5.32 Å². The maximum atomic E-state index is 13.4. The second-order valence-electron chi connectivity index (χ2n) is 8.97. The van der Waals surface area contributed by atoms with Gasteiger partial charge in [-0.25, -0.2) is 0 Å². The lowest BCUT2D eigenvalue weighted by atomic mass is 9.91. The number of furan rings is 1. The molecule has 0 saturated carbocycles. The van der Waals surface area contributed by atoms with E-state index in [1.54, 1.807) is 35.2 Å². The van der Waals surface area contributed by atoms with Crippen molar-refractivity contribution in [2.75, 3.05) is 25.0 Å². The molecule has 0 aliphatic carbocycles. The molecule has 170 valence electrons. The molecule has 3 heterocycles. The van der Waals surface area contributed by atoms with Crippen molar-refractivity contribution in [2.24, 2.45) is 11.8 Å². The van der Waals surface area contributed by atoms with Gasteiger partial charge in [0, 0.05) is 24.1 Å². The molecular weight excluding hydrogens is 474 g/mol. The molecule has 0 spiro atoms. The van der Waals surface area contributed by atoms with Crippen LogP contribution in [0.4, 0.5) is 5.69 Å². The van der Waals surface area contributed by atoms with Crippen molar-refractivity contribution >= 4 is 39.3 Å². The number of nitrogens with one attached hydrogen (secondary N) is 1. The summed E-state index contributed by atoms with van der Waals surface area (Å²) in [5.74, 6) is 0.419. The van der Waals surface area contributed by atoms with Gasteiger partial charge < -0.3 is 19.5 Å². The molecule has 3 amide bonds. The van der Waals surface area contributed by atoms with Gasteiger partial charge in [0.2, 0.25) is 5.91 Å². The van der Waals surface area contributed by atoms with Gasteiger partial charge in [-0.3, -0.25) is 14.4 Å². The van der Waals surface area contributed by atoms with Crippen LogP contribution in [-0.2, 0) is 4.79 Å². The van der Waals surface area contributed by atoms with E-state index in [1.807, 2.05) is 4.90 Å². The molecule has 4 rings (SSSR count). The van der Waals surface area contributed by atoms with Gasteiger partial charge in [-0.2, -0.15) is 0 Å². The number of piperidine rings is 1.